The first-order chi connectivity index (χ1) is 25.3. The summed E-state index contributed by atoms with van der Waals surface area (Å²) in [5, 5.41) is 2.64. The second-order valence-electron chi connectivity index (χ2n) is 13.6. The Balaban J connectivity index is 4.47. The number of nitrogens with two attached hydrogens (primary N) is 1. The topological polar surface area (TPSA) is 184 Å². The van der Waals surface area contributed by atoms with E-state index in [1.165, 1.54) is 88.8 Å². The number of halogens is 2. The fourth-order valence-corrected chi connectivity index (χ4v) is 6.57. The van der Waals surface area contributed by atoms with E-state index in [4.69, 9.17) is 34.5 Å². The predicted molar refractivity (Wildman–Crippen MR) is 206 cm³/mol. The van der Waals surface area contributed by atoms with Crippen molar-refractivity contribution in [2.24, 2.45) is 5.73 Å². The van der Waals surface area contributed by atoms with Crippen molar-refractivity contribution in [1.29, 1.82) is 0 Å². The minimum atomic E-state index is -5.54. The quantitative estimate of drug-likeness (QED) is 0.0272. The highest BCUT2D eigenvalue weighted by atomic mass is 32.2. The number of hydrogen-bond donors (Lipinski definition) is 4. The largest absolute Gasteiger partial charge is 0.462 e. The zero-order valence-corrected chi connectivity index (χ0v) is 34.2. The van der Waals surface area contributed by atoms with Gasteiger partial charge in [-0.1, -0.05) is 117 Å². The number of nitrogens with one attached hydrogen (secondary N) is 1. The number of esters is 2. The van der Waals surface area contributed by atoms with E-state index in [1.807, 2.05) is 0 Å². The molecule has 0 heterocycles. The van der Waals surface area contributed by atoms with Gasteiger partial charge < -0.3 is 39.8 Å². The van der Waals surface area contributed by atoms with Gasteiger partial charge >= 0.3 is 25.2 Å². The van der Waals surface area contributed by atoms with Crippen LogP contribution in [0.2, 0.25) is 0 Å². The van der Waals surface area contributed by atoms with Crippen LogP contribution >= 0.6 is 19.4 Å². The molecule has 314 valence electrons. The maximum Gasteiger partial charge on any atom is 0.394 e. The third-order valence-corrected chi connectivity index (χ3v) is 10.8. The summed E-state index contributed by atoms with van der Waals surface area (Å²) >= 11 is 1.32. The Bertz CT molecular complexity index is 980. The Morgan fingerprint density at radius 1 is 0.717 bits per heavy atom. The van der Waals surface area contributed by atoms with E-state index >= 15 is 0 Å². The van der Waals surface area contributed by atoms with Gasteiger partial charge in [0.1, 0.15) is 12.7 Å². The van der Waals surface area contributed by atoms with Crippen LogP contribution in [0, 0.1) is 0 Å². The second kappa shape index (κ2) is 33.9. The molecule has 2 atom stereocenters. The van der Waals surface area contributed by atoms with Crippen molar-refractivity contribution < 1.29 is 56.5 Å². The summed E-state index contributed by atoms with van der Waals surface area (Å²) in [6, 6.07) is -0.855. The Morgan fingerprint density at radius 3 is 1.70 bits per heavy atom. The average molecular weight is 805 g/mol. The van der Waals surface area contributed by atoms with Gasteiger partial charge in [0.05, 0.1) is 32.5 Å². The number of hydrogen-bond acceptors (Lipinski definition) is 10. The van der Waals surface area contributed by atoms with E-state index in [0.29, 0.717) is 18.6 Å². The van der Waals surface area contributed by atoms with Gasteiger partial charge in [0, 0.05) is 37.3 Å². The first kappa shape index (κ1) is 51.6. The molecule has 0 radical (unpaired) electrons. The van der Waals surface area contributed by atoms with E-state index in [2.05, 4.69) is 19.2 Å². The lowest BCUT2D eigenvalue weighted by atomic mass is 10.1. The van der Waals surface area contributed by atoms with E-state index < -0.39 is 44.3 Å². The van der Waals surface area contributed by atoms with Crippen molar-refractivity contribution in [3.05, 3.63) is 0 Å². The molecule has 0 aromatic rings. The van der Waals surface area contributed by atoms with Crippen LogP contribution in [0.4, 0.5) is 8.78 Å². The lowest BCUT2D eigenvalue weighted by molar-refractivity contribution is -0.157. The standard InChI is InChI=1S/C37H71F2N2O10PS/c1-3-5-7-9-11-13-15-17-19-21-34(42)50-29-32(51-35(43)22-20-18-16-14-12-10-8-6-4-2)30-53-31-33(40)36(44)41-24-26-49-28-27-48-25-23-37(38,39)52(45,46)47/h32-33H,3-31,40H2,1-2H3,(H,41,44)(H2,45,46,47)/t32-,33-/m1/s1. The third-order valence-electron chi connectivity index (χ3n) is 8.53. The van der Waals surface area contributed by atoms with Crippen LogP contribution in [0.1, 0.15) is 149 Å². The van der Waals surface area contributed by atoms with Gasteiger partial charge in [-0.3, -0.25) is 18.9 Å². The molecule has 0 aromatic heterocycles. The molecule has 5 N–H and O–H groups in total. The third kappa shape index (κ3) is 31.5. The number of carbonyl (C=O) groups is 3. The summed E-state index contributed by atoms with van der Waals surface area (Å²) in [7, 11) is -5.54. The first-order valence-electron chi connectivity index (χ1n) is 19.9. The summed E-state index contributed by atoms with van der Waals surface area (Å²) < 4.78 is 58.5. The average Bonchev–Trinajstić information content (AvgIpc) is 3.10. The summed E-state index contributed by atoms with van der Waals surface area (Å²) in [5.74, 6) is -0.523. The van der Waals surface area contributed by atoms with Crippen molar-refractivity contribution in [1.82, 2.24) is 5.32 Å². The molecule has 16 heteroatoms. The fourth-order valence-electron chi connectivity index (χ4n) is 5.22. The molecule has 0 fully saturated rings. The molecular formula is C37H71F2N2O10PS. The highest BCUT2D eigenvalue weighted by molar-refractivity contribution is 7.99. The van der Waals surface area contributed by atoms with E-state index in [9.17, 15) is 27.7 Å². The predicted octanol–water partition coefficient (Wildman–Crippen LogP) is 7.65. The zero-order valence-electron chi connectivity index (χ0n) is 32.5. The van der Waals surface area contributed by atoms with Crippen LogP contribution in [-0.2, 0) is 37.9 Å². The van der Waals surface area contributed by atoms with E-state index in [0.717, 1.165) is 38.5 Å². The molecule has 53 heavy (non-hydrogen) atoms. The molecule has 0 rings (SSSR count). The number of amides is 1. The number of alkyl halides is 2. The molecule has 0 aliphatic heterocycles. The van der Waals surface area contributed by atoms with Gasteiger partial charge in [0.2, 0.25) is 5.91 Å². The first-order valence-corrected chi connectivity index (χ1v) is 22.7. The molecular weight excluding hydrogens is 733 g/mol. The number of thioether (sulfide) groups is 1. The van der Waals surface area contributed by atoms with Gasteiger partial charge in [-0.15, -0.1) is 0 Å². The monoisotopic (exact) mass is 804 g/mol. The Hall–Kier alpha value is -1.35. The lowest BCUT2D eigenvalue weighted by Crippen LogP contribution is -2.43. The number of unbranched alkanes of at least 4 members (excludes halogenated alkanes) is 16. The van der Waals surface area contributed by atoms with Crippen LogP contribution in [0.3, 0.4) is 0 Å². The van der Waals surface area contributed by atoms with Crippen molar-refractivity contribution in [3.8, 4) is 0 Å². The normalized spacial score (nSPS) is 13.1. The maximum absolute atomic E-state index is 13.2. The lowest BCUT2D eigenvalue weighted by Gasteiger charge is -2.19. The van der Waals surface area contributed by atoms with Crippen LogP contribution in [0.15, 0.2) is 0 Å². The minimum absolute atomic E-state index is 0.0300. The molecule has 1 amide bonds. The minimum Gasteiger partial charge on any atom is -0.462 e. The molecule has 12 nitrogen and oxygen atoms in total. The van der Waals surface area contributed by atoms with Crippen LogP contribution in [0.5, 0.6) is 0 Å². The Morgan fingerprint density at radius 2 is 1.19 bits per heavy atom. The van der Waals surface area contributed by atoms with E-state index in [1.54, 1.807) is 0 Å². The van der Waals surface area contributed by atoms with Crippen LogP contribution < -0.4 is 11.1 Å². The molecule has 0 bridgehead atoms. The molecule has 0 unspecified atom stereocenters. The Labute approximate surface area is 321 Å². The number of carbonyl (C=O) groups excluding carboxylic acids is 3. The molecule has 0 spiro atoms. The fraction of sp³-hybridized carbons (Fsp3) is 0.919. The van der Waals surface area contributed by atoms with Crippen LogP contribution in [-0.4, -0.2) is 96.5 Å². The van der Waals surface area contributed by atoms with Gasteiger partial charge in [-0.2, -0.15) is 20.5 Å². The second-order valence-corrected chi connectivity index (χ2v) is 16.4. The number of rotatable bonds is 38. The highest BCUT2D eigenvalue weighted by Gasteiger charge is 2.48. The molecule has 0 aliphatic rings. The molecule has 0 saturated heterocycles. The van der Waals surface area contributed by atoms with Crippen molar-refractivity contribution >= 4 is 37.2 Å². The van der Waals surface area contributed by atoms with Crippen LogP contribution in [0.25, 0.3) is 0 Å². The molecule has 0 saturated carbocycles. The van der Waals surface area contributed by atoms with Gasteiger partial charge in [-0.05, 0) is 12.8 Å². The SMILES string of the molecule is CCCCCCCCCCCC(=O)OC[C@H](CSC[C@@H](N)C(=O)NCCOCCOCCC(F)(F)P(=O)(O)O)OC(=O)CCCCCCCCCCC. The molecule has 0 aliphatic carbocycles. The zero-order chi connectivity index (χ0) is 39.6. The maximum atomic E-state index is 13.2. The van der Waals surface area contributed by atoms with Gasteiger partial charge in [0.25, 0.3) is 0 Å². The van der Waals surface area contributed by atoms with Crippen molar-refractivity contribution in [2.45, 2.75) is 166 Å². The van der Waals surface area contributed by atoms with Gasteiger partial charge in [0.15, 0.2) is 0 Å². The molecule has 0 aromatic carbocycles. The Kier molecular flexibility index (Phi) is 33.1. The summed E-state index contributed by atoms with van der Waals surface area (Å²) in [6.45, 7) is 4.01. The summed E-state index contributed by atoms with van der Waals surface area (Å²) in [6.07, 6.45) is 19.4. The summed E-state index contributed by atoms with van der Waals surface area (Å²) in [4.78, 5) is 54.7. The van der Waals surface area contributed by atoms with Crippen molar-refractivity contribution in [2.75, 3.05) is 51.1 Å². The van der Waals surface area contributed by atoms with Gasteiger partial charge in [-0.25, -0.2) is 0 Å². The summed E-state index contributed by atoms with van der Waals surface area (Å²) in [5.41, 5.74) is 1.90. The number of ether oxygens (including phenoxy) is 4. The van der Waals surface area contributed by atoms with E-state index in [-0.39, 0.29) is 50.7 Å². The highest BCUT2D eigenvalue weighted by Crippen LogP contribution is 2.54. The smallest absolute Gasteiger partial charge is 0.394 e. The van der Waals surface area contributed by atoms with Crippen molar-refractivity contribution in [3.63, 3.8) is 0 Å².